The summed E-state index contributed by atoms with van der Waals surface area (Å²) in [5, 5.41) is 13.0. The lowest BCUT2D eigenvalue weighted by Crippen LogP contribution is -2.14. The number of halogens is 1. The lowest BCUT2D eigenvalue weighted by molar-refractivity contribution is -0.113. The predicted octanol–water partition coefficient (Wildman–Crippen LogP) is 5.24. The fourth-order valence-electron chi connectivity index (χ4n) is 2.78. The summed E-state index contributed by atoms with van der Waals surface area (Å²) in [5.41, 5.74) is 4.27. The maximum atomic E-state index is 13.0. The van der Waals surface area contributed by atoms with Crippen LogP contribution in [0.4, 0.5) is 10.1 Å². The summed E-state index contributed by atoms with van der Waals surface area (Å²) >= 11 is 2.85. The SMILES string of the molecule is Cc1ccc(-c2nnc(SCC(=O)Nc3ccc(F)cc3)c3nc(C)sc23)cc1. The number of aryl methyl sites for hydroxylation is 2. The van der Waals surface area contributed by atoms with Gasteiger partial charge in [-0.1, -0.05) is 41.6 Å². The van der Waals surface area contributed by atoms with E-state index in [1.54, 1.807) is 11.3 Å². The number of amides is 1. The zero-order valence-corrected chi connectivity index (χ0v) is 17.4. The minimum Gasteiger partial charge on any atom is -0.325 e. The van der Waals surface area contributed by atoms with Gasteiger partial charge in [-0.3, -0.25) is 4.79 Å². The Hall–Kier alpha value is -2.84. The zero-order valence-electron chi connectivity index (χ0n) is 15.8. The second kappa shape index (κ2) is 8.26. The number of nitrogens with zero attached hydrogens (tertiary/aromatic N) is 3. The van der Waals surface area contributed by atoms with E-state index in [-0.39, 0.29) is 17.5 Å². The second-order valence-electron chi connectivity index (χ2n) is 6.47. The Morgan fingerprint density at radius 1 is 1.07 bits per heavy atom. The van der Waals surface area contributed by atoms with Crippen LogP contribution >= 0.6 is 23.1 Å². The summed E-state index contributed by atoms with van der Waals surface area (Å²) in [5.74, 6) is -0.393. The van der Waals surface area contributed by atoms with Crippen LogP contribution in [-0.2, 0) is 4.79 Å². The molecule has 0 saturated carbocycles. The first-order chi connectivity index (χ1) is 14.0. The number of carbonyl (C=O) groups is 1. The molecule has 0 bridgehead atoms. The van der Waals surface area contributed by atoms with Gasteiger partial charge in [0.25, 0.3) is 0 Å². The number of hydrogen-bond donors (Lipinski definition) is 1. The van der Waals surface area contributed by atoms with Crippen molar-refractivity contribution in [3.63, 3.8) is 0 Å². The maximum absolute atomic E-state index is 13.0. The van der Waals surface area contributed by atoms with Crippen LogP contribution in [0.15, 0.2) is 53.6 Å². The van der Waals surface area contributed by atoms with Gasteiger partial charge >= 0.3 is 0 Å². The maximum Gasteiger partial charge on any atom is 0.234 e. The van der Waals surface area contributed by atoms with E-state index in [1.165, 1.54) is 41.6 Å². The highest BCUT2D eigenvalue weighted by Crippen LogP contribution is 2.35. The van der Waals surface area contributed by atoms with Crippen molar-refractivity contribution in [1.29, 1.82) is 0 Å². The molecule has 0 aliphatic rings. The standard InChI is InChI=1S/C21H17FN4OS2/c1-12-3-5-14(6-4-12)18-20-19(23-13(2)29-20)21(26-25-18)28-11-17(27)24-16-9-7-15(22)8-10-16/h3-10H,11H2,1-2H3,(H,24,27). The van der Waals surface area contributed by atoms with Gasteiger partial charge in [0, 0.05) is 11.3 Å². The van der Waals surface area contributed by atoms with Crippen molar-refractivity contribution < 1.29 is 9.18 Å². The molecule has 2 aromatic carbocycles. The Morgan fingerprint density at radius 3 is 2.52 bits per heavy atom. The third kappa shape index (κ3) is 4.44. The van der Waals surface area contributed by atoms with Crippen LogP contribution in [0.25, 0.3) is 21.5 Å². The zero-order chi connectivity index (χ0) is 20.4. The molecule has 5 nitrogen and oxygen atoms in total. The molecule has 8 heteroatoms. The van der Waals surface area contributed by atoms with Crippen LogP contribution in [0.2, 0.25) is 0 Å². The molecule has 4 aromatic rings. The van der Waals surface area contributed by atoms with E-state index < -0.39 is 0 Å². The van der Waals surface area contributed by atoms with E-state index in [1.807, 2.05) is 38.1 Å². The van der Waals surface area contributed by atoms with Crippen molar-refractivity contribution in [3.8, 4) is 11.3 Å². The average molecular weight is 425 g/mol. The number of nitrogens with one attached hydrogen (secondary N) is 1. The van der Waals surface area contributed by atoms with Gasteiger partial charge in [-0.05, 0) is 38.1 Å². The van der Waals surface area contributed by atoms with E-state index in [4.69, 9.17) is 0 Å². The first-order valence-corrected chi connectivity index (χ1v) is 10.7. The predicted molar refractivity (Wildman–Crippen MR) is 116 cm³/mol. The van der Waals surface area contributed by atoms with Gasteiger partial charge in [-0.15, -0.1) is 21.5 Å². The van der Waals surface area contributed by atoms with Crippen molar-refractivity contribution in [3.05, 3.63) is 64.9 Å². The molecule has 1 amide bonds. The van der Waals surface area contributed by atoms with Gasteiger partial charge in [0.05, 0.1) is 15.5 Å². The molecule has 29 heavy (non-hydrogen) atoms. The molecule has 0 aliphatic carbocycles. The molecule has 2 heterocycles. The summed E-state index contributed by atoms with van der Waals surface area (Å²) < 4.78 is 13.9. The van der Waals surface area contributed by atoms with Crippen molar-refractivity contribution in [2.75, 3.05) is 11.1 Å². The number of carbonyl (C=O) groups excluding carboxylic acids is 1. The van der Waals surface area contributed by atoms with Crippen LogP contribution in [0.3, 0.4) is 0 Å². The highest BCUT2D eigenvalue weighted by molar-refractivity contribution is 8.00. The van der Waals surface area contributed by atoms with Gasteiger partial charge in [0.2, 0.25) is 5.91 Å². The number of hydrogen-bond acceptors (Lipinski definition) is 6. The molecule has 2 aromatic heterocycles. The lowest BCUT2D eigenvalue weighted by Gasteiger charge is -2.06. The molecular weight excluding hydrogens is 407 g/mol. The minimum absolute atomic E-state index is 0.154. The topological polar surface area (TPSA) is 67.8 Å². The Morgan fingerprint density at radius 2 is 1.79 bits per heavy atom. The first kappa shape index (κ1) is 19.5. The fraction of sp³-hybridized carbons (Fsp3) is 0.143. The molecule has 0 atom stereocenters. The second-order valence-corrected chi connectivity index (χ2v) is 8.64. The van der Waals surface area contributed by atoms with E-state index in [0.29, 0.717) is 10.7 Å². The number of rotatable bonds is 5. The molecule has 0 radical (unpaired) electrons. The quantitative estimate of drug-likeness (QED) is 0.444. The van der Waals surface area contributed by atoms with Crippen molar-refractivity contribution in [1.82, 2.24) is 15.2 Å². The molecule has 1 N–H and O–H groups in total. The summed E-state index contributed by atoms with van der Waals surface area (Å²) in [6.45, 7) is 3.98. The third-order valence-corrected chi connectivity index (χ3v) is 6.12. The van der Waals surface area contributed by atoms with E-state index >= 15 is 0 Å². The first-order valence-electron chi connectivity index (χ1n) is 8.88. The molecule has 4 rings (SSSR count). The number of benzene rings is 2. The number of thiazole rings is 1. The monoisotopic (exact) mass is 424 g/mol. The summed E-state index contributed by atoms with van der Waals surface area (Å²) in [4.78, 5) is 16.9. The van der Waals surface area contributed by atoms with E-state index in [9.17, 15) is 9.18 Å². The Labute approximate surface area is 175 Å². The number of fused-ring (bicyclic) bond motifs is 1. The van der Waals surface area contributed by atoms with Gasteiger partial charge in [-0.2, -0.15) is 0 Å². The Balaban J connectivity index is 1.55. The average Bonchev–Trinajstić information content (AvgIpc) is 3.10. The van der Waals surface area contributed by atoms with Crippen molar-refractivity contribution in [2.45, 2.75) is 18.9 Å². The molecule has 146 valence electrons. The Bertz CT molecular complexity index is 1170. The van der Waals surface area contributed by atoms with Gasteiger partial charge in [0.1, 0.15) is 22.1 Å². The van der Waals surface area contributed by atoms with Gasteiger partial charge in [0.15, 0.2) is 0 Å². The number of aromatic nitrogens is 3. The number of anilines is 1. The van der Waals surface area contributed by atoms with E-state index in [2.05, 4.69) is 20.5 Å². The van der Waals surface area contributed by atoms with Gasteiger partial charge in [-0.25, -0.2) is 9.37 Å². The summed E-state index contributed by atoms with van der Waals surface area (Å²) in [6.07, 6.45) is 0. The molecule has 0 spiro atoms. The molecular formula is C21H17FN4OS2. The lowest BCUT2D eigenvalue weighted by atomic mass is 10.1. The van der Waals surface area contributed by atoms with Crippen molar-refractivity contribution >= 4 is 44.9 Å². The normalized spacial score (nSPS) is 11.0. The van der Waals surface area contributed by atoms with Crippen molar-refractivity contribution in [2.24, 2.45) is 0 Å². The van der Waals surface area contributed by atoms with Crippen LogP contribution < -0.4 is 5.32 Å². The van der Waals surface area contributed by atoms with Crippen LogP contribution in [-0.4, -0.2) is 26.8 Å². The smallest absolute Gasteiger partial charge is 0.234 e. The molecule has 0 aliphatic heterocycles. The number of thioether (sulfide) groups is 1. The van der Waals surface area contributed by atoms with E-state index in [0.717, 1.165) is 26.5 Å². The highest BCUT2D eigenvalue weighted by atomic mass is 32.2. The van der Waals surface area contributed by atoms with Crippen LogP contribution in [0.5, 0.6) is 0 Å². The minimum atomic E-state index is -0.345. The highest BCUT2D eigenvalue weighted by Gasteiger charge is 2.17. The summed E-state index contributed by atoms with van der Waals surface area (Å²) in [6, 6.07) is 13.8. The largest absolute Gasteiger partial charge is 0.325 e. The molecule has 0 saturated heterocycles. The molecule has 0 unspecified atom stereocenters. The summed E-state index contributed by atoms with van der Waals surface area (Å²) in [7, 11) is 0. The third-order valence-electron chi connectivity index (χ3n) is 4.19. The van der Waals surface area contributed by atoms with Crippen LogP contribution in [0.1, 0.15) is 10.6 Å². The Kier molecular flexibility index (Phi) is 5.55. The fourth-order valence-corrected chi connectivity index (χ4v) is 4.50. The van der Waals surface area contributed by atoms with Crippen LogP contribution in [0, 0.1) is 19.7 Å². The molecule has 0 fully saturated rings. The van der Waals surface area contributed by atoms with Gasteiger partial charge < -0.3 is 5.32 Å².